The standard InChI is InChI=1S/C16H25N5O/c1-12-3-6-21(11-12)13-4-7-20(8-5-13)14-9-18-15(19-10-14)16(22)17-2/h9-10,12-13H,3-8,11H2,1-2H3,(H,17,22). The summed E-state index contributed by atoms with van der Waals surface area (Å²) in [5, 5.41) is 2.54. The monoisotopic (exact) mass is 303 g/mol. The van der Waals surface area contributed by atoms with Gasteiger partial charge in [0.05, 0.1) is 18.1 Å². The van der Waals surface area contributed by atoms with Crippen molar-refractivity contribution in [3.8, 4) is 0 Å². The van der Waals surface area contributed by atoms with E-state index >= 15 is 0 Å². The number of nitrogens with one attached hydrogen (secondary N) is 1. The summed E-state index contributed by atoms with van der Waals surface area (Å²) in [6.45, 7) is 6.95. The van der Waals surface area contributed by atoms with Crippen LogP contribution in [0, 0.1) is 5.92 Å². The minimum absolute atomic E-state index is 0.229. The van der Waals surface area contributed by atoms with Crippen molar-refractivity contribution in [2.45, 2.75) is 32.2 Å². The molecule has 2 saturated heterocycles. The maximum absolute atomic E-state index is 11.5. The molecule has 1 amide bonds. The Hall–Kier alpha value is -1.69. The molecule has 1 aromatic rings. The molecule has 6 heteroatoms. The first kappa shape index (κ1) is 15.2. The lowest BCUT2D eigenvalue weighted by atomic mass is 10.0. The van der Waals surface area contributed by atoms with E-state index in [1.807, 2.05) is 0 Å². The number of amides is 1. The number of nitrogens with zero attached hydrogens (tertiary/aromatic N) is 4. The second-order valence-corrected chi connectivity index (χ2v) is 6.45. The zero-order valence-corrected chi connectivity index (χ0v) is 13.5. The third kappa shape index (κ3) is 3.21. The van der Waals surface area contributed by atoms with Gasteiger partial charge in [0, 0.05) is 32.7 Å². The van der Waals surface area contributed by atoms with Gasteiger partial charge in [-0.2, -0.15) is 0 Å². The van der Waals surface area contributed by atoms with E-state index in [-0.39, 0.29) is 11.7 Å². The lowest BCUT2D eigenvalue weighted by molar-refractivity contribution is 0.0953. The fourth-order valence-electron chi connectivity index (χ4n) is 3.50. The molecular formula is C16H25N5O. The largest absolute Gasteiger partial charge is 0.369 e. The number of likely N-dealkylation sites (tertiary alicyclic amines) is 1. The molecule has 2 aliphatic heterocycles. The fraction of sp³-hybridized carbons (Fsp3) is 0.688. The first-order chi connectivity index (χ1) is 10.7. The van der Waals surface area contributed by atoms with Gasteiger partial charge in [-0.3, -0.25) is 9.69 Å². The second-order valence-electron chi connectivity index (χ2n) is 6.45. The highest BCUT2D eigenvalue weighted by Crippen LogP contribution is 2.26. The van der Waals surface area contributed by atoms with Crippen molar-refractivity contribution in [2.24, 2.45) is 5.92 Å². The predicted molar refractivity (Wildman–Crippen MR) is 86.0 cm³/mol. The number of hydrogen-bond acceptors (Lipinski definition) is 5. The summed E-state index contributed by atoms with van der Waals surface area (Å²) in [6.07, 6.45) is 7.26. The summed E-state index contributed by atoms with van der Waals surface area (Å²) in [4.78, 5) is 24.8. The van der Waals surface area contributed by atoms with Gasteiger partial charge in [-0.15, -0.1) is 0 Å². The van der Waals surface area contributed by atoms with Gasteiger partial charge in [-0.1, -0.05) is 6.92 Å². The smallest absolute Gasteiger partial charge is 0.288 e. The molecule has 3 rings (SSSR count). The average molecular weight is 303 g/mol. The Morgan fingerprint density at radius 3 is 2.41 bits per heavy atom. The normalized spacial score (nSPS) is 23.7. The van der Waals surface area contributed by atoms with Gasteiger partial charge in [0.2, 0.25) is 5.82 Å². The Balaban J connectivity index is 1.56. The number of carbonyl (C=O) groups excluding carboxylic acids is 1. The van der Waals surface area contributed by atoms with E-state index in [0.29, 0.717) is 0 Å². The molecule has 3 heterocycles. The molecule has 2 fully saturated rings. The van der Waals surface area contributed by atoms with Gasteiger partial charge in [0.1, 0.15) is 0 Å². The first-order valence-electron chi connectivity index (χ1n) is 8.20. The van der Waals surface area contributed by atoms with Crippen LogP contribution < -0.4 is 10.2 Å². The molecule has 2 aliphatic rings. The summed E-state index contributed by atoms with van der Waals surface area (Å²) in [7, 11) is 1.59. The van der Waals surface area contributed by atoms with Crippen LogP contribution >= 0.6 is 0 Å². The van der Waals surface area contributed by atoms with E-state index in [1.54, 1.807) is 19.4 Å². The van der Waals surface area contributed by atoms with Gasteiger partial charge in [0.15, 0.2) is 0 Å². The Kier molecular flexibility index (Phi) is 4.57. The minimum atomic E-state index is -0.242. The summed E-state index contributed by atoms with van der Waals surface area (Å²) in [6, 6.07) is 0.729. The van der Waals surface area contributed by atoms with Crippen LogP contribution in [0.25, 0.3) is 0 Å². The molecule has 1 unspecified atom stereocenters. The Morgan fingerprint density at radius 2 is 1.86 bits per heavy atom. The van der Waals surface area contributed by atoms with Crippen LogP contribution in [0.5, 0.6) is 0 Å². The quantitative estimate of drug-likeness (QED) is 0.907. The number of anilines is 1. The number of carbonyl (C=O) groups is 1. The zero-order valence-electron chi connectivity index (χ0n) is 13.5. The van der Waals surface area contributed by atoms with E-state index in [1.165, 1.54) is 32.4 Å². The van der Waals surface area contributed by atoms with Gasteiger partial charge in [-0.05, 0) is 31.7 Å². The van der Waals surface area contributed by atoms with Crippen LogP contribution in [0.2, 0.25) is 0 Å². The molecule has 120 valence electrons. The van der Waals surface area contributed by atoms with Crippen molar-refractivity contribution in [3.63, 3.8) is 0 Å². The van der Waals surface area contributed by atoms with Crippen molar-refractivity contribution in [3.05, 3.63) is 18.2 Å². The maximum atomic E-state index is 11.5. The molecule has 0 radical (unpaired) electrons. The van der Waals surface area contributed by atoms with E-state index in [9.17, 15) is 4.79 Å². The average Bonchev–Trinajstić information content (AvgIpc) is 3.01. The summed E-state index contributed by atoms with van der Waals surface area (Å²) >= 11 is 0. The lowest BCUT2D eigenvalue weighted by Gasteiger charge is -2.37. The SMILES string of the molecule is CNC(=O)c1ncc(N2CCC(N3CCC(C)C3)CC2)cn1. The van der Waals surface area contributed by atoms with Gasteiger partial charge in [0.25, 0.3) is 5.91 Å². The van der Waals surface area contributed by atoms with Gasteiger partial charge in [-0.25, -0.2) is 9.97 Å². The molecule has 1 aromatic heterocycles. The van der Waals surface area contributed by atoms with Crippen LogP contribution in [-0.4, -0.2) is 60.0 Å². The molecule has 6 nitrogen and oxygen atoms in total. The molecule has 0 saturated carbocycles. The van der Waals surface area contributed by atoms with Crippen molar-refractivity contribution in [1.29, 1.82) is 0 Å². The Morgan fingerprint density at radius 1 is 1.18 bits per heavy atom. The van der Waals surface area contributed by atoms with Crippen molar-refractivity contribution in [2.75, 3.05) is 38.1 Å². The number of piperidine rings is 1. The van der Waals surface area contributed by atoms with E-state index in [4.69, 9.17) is 0 Å². The van der Waals surface area contributed by atoms with E-state index in [0.717, 1.165) is 30.7 Å². The van der Waals surface area contributed by atoms with E-state index in [2.05, 4.69) is 32.0 Å². The number of aromatic nitrogens is 2. The van der Waals surface area contributed by atoms with Crippen LogP contribution in [0.15, 0.2) is 12.4 Å². The van der Waals surface area contributed by atoms with Crippen molar-refractivity contribution >= 4 is 11.6 Å². The van der Waals surface area contributed by atoms with Crippen molar-refractivity contribution in [1.82, 2.24) is 20.2 Å². The van der Waals surface area contributed by atoms with E-state index < -0.39 is 0 Å². The highest BCUT2D eigenvalue weighted by Gasteiger charge is 2.29. The Labute approximate surface area is 131 Å². The molecule has 1 atom stereocenters. The molecule has 1 N–H and O–H groups in total. The molecule has 0 bridgehead atoms. The molecule has 0 aromatic carbocycles. The van der Waals surface area contributed by atoms with Crippen LogP contribution in [0.3, 0.4) is 0 Å². The minimum Gasteiger partial charge on any atom is -0.369 e. The third-order valence-corrected chi connectivity index (χ3v) is 4.87. The highest BCUT2D eigenvalue weighted by atomic mass is 16.2. The van der Waals surface area contributed by atoms with Crippen LogP contribution in [-0.2, 0) is 0 Å². The molecule has 22 heavy (non-hydrogen) atoms. The Bertz CT molecular complexity index is 510. The summed E-state index contributed by atoms with van der Waals surface area (Å²) < 4.78 is 0. The van der Waals surface area contributed by atoms with Crippen LogP contribution in [0.4, 0.5) is 5.69 Å². The summed E-state index contributed by atoms with van der Waals surface area (Å²) in [5.41, 5.74) is 1.01. The first-order valence-corrected chi connectivity index (χ1v) is 8.20. The zero-order chi connectivity index (χ0) is 15.5. The van der Waals surface area contributed by atoms with Gasteiger partial charge < -0.3 is 10.2 Å². The maximum Gasteiger partial charge on any atom is 0.288 e. The summed E-state index contributed by atoms with van der Waals surface area (Å²) in [5.74, 6) is 0.837. The topological polar surface area (TPSA) is 61.4 Å². The molecular weight excluding hydrogens is 278 g/mol. The number of rotatable bonds is 3. The predicted octanol–water partition coefficient (Wildman–Crippen LogP) is 1.15. The molecule has 0 aliphatic carbocycles. The highest BCUT2D eigenvalue weighted by molar-refractivity contribution is 5.90. The van der Waals surface area contributed by atoms with Gasteiger partial charge >= 0.3 is 0 Å². The van der Waals surface area contributed by atoms with Crippen molar-refractivity contribution < 1.29 is 4.79 Å². The fourth-order valence-corrected chi connectivity index (χ4v) is 3.50. The lowest BCUT2D eigenvalue weighted by Crippen LogP contribution is -2.44. The second kappa shape index (κ2) is 6.60. The number of hydrogen-bond donors (Lipinski definition) is 1. The van der Waals surface area contributed by atoms with Crippen LogP contribution in [0.1, 0.15) is 36.8 Å². The molecule has 0 spiro atoms. The third-order valence-electron chi connectivity index (χ3n) is 4.87.